The highest BCUT2D eigenvalue weighted by Crippen LogP contribution is 2.50. The van der Waals surface area contributed by atoms with Gasteiger partial charge in [0.1, 0.15) is 5.82 Å². The van der Waals surface area contributed by atoms with Crippen molar-refractivity contribution in [2.75, 3.05) is 0 Å². The third-order valence-electron chi connectivity index (χ3n) is 11.3. The van der Waals surface area contributed by atoms with E-state index in [-0.39, 0.29) is 5.41 Å². The first-order chi connectivity index (χ1) is 26.1. The van der Waals surface area contributed by atoms with Crippen molar-refractivity contribution in [1.29, 1.82) is 0 Å². The zero-order chi connectivity index (χ0) is 35.3. The summed E-state index contributed by atoms with van der Waals surface area (Å²) in [5.41, 5.74) is 13.9. The number of hydrogen-bond donors (Lipinski definition) is 0. The maximum absolute atomic E-state index is 5.37. The first-order valence-corrected chi connectivity index (χ1v) is 18.3. The van der Waals surface area contributed by atoms with Gasteiger partial charge in [0, 0.05) is 49.8 Å². The van der Waals surface area contributed by atoms with Crippen molar-refractivity contribution in [3.8, 4) is 45.3 Å². The molecule has 0 atom stereocenters. The number of nitrogens with zero attached hydrogens (tertiary/aromatic N) is 4. The zero-order valence-corrected chi connectivity index (χ0v) is 29.5. The Bertz CT molecular complexity index is 3020. The summed E-state index contributed by atoms with van der Waals surface area (Å²) in [4.78, 5) is 10.5. The Morgan fingerprint density at radius 2 is 1.00 bits per heavy atom. The van der Waals surface area contributed by atoms with Crippen LogP contribution in [0.4, 0.5) is 0 Å². The molecule has 1 aliphatic rings. The Balaban J connectivity index is 1.27. The standard InChI is InChI=1S/C49H34N4/c1-49(2)40-22-12-9-19-34(40)35-26-25-33(29-41(35)49)52-43-23-13-10-20-36(43)38-27-28-39-37-21-11-14-24-44(37)53(47(39)46(38)52)45-30-42(31-15-5-3-6-16-31)50-48(51-45)32-17-7-4-8-18-32/h3-30H,1-2H3. The van der Waals surface area contributed by atoms with Crippen LogP contribution >= 0.6 is 0 Å². The topological polar surface area (TPSA) is 35.6 Å². The van der Waals surface area contributed by atoms with Crippen molar-refractivity contribution in [1.82, 2.24) is 19.1 Å². The number of fused-ring (bicyclic) bond motifs is 10. The molecule has 0 spiro atoms. The predicted molar refractivity (Wildman–Crippen MR) is 219 cm³/mol. The van der Waals surface area contributed by atoms with E-state index in [1.807, 2.05) is 24.3 Å². The molecule has 0 bridgehead atoms. The Labute approximate surface area is 307 Å². The number of para-hydroxylation sites is 2. The molecule has 10 aromatic rings. The molecule has 0 aliphatic heterocycles. The van der Waals surface area contributed by atoms with Gasteiger partial charge in [0.15, 0.2) is 5.82 Å². The molecule has 53 heavy (non-hydrogen) atoms. The Hall–Kier alpha value is -6.78. The van der Waals surface area contributed by atoms with Crippen LogP contribution < -0.4 is 0 Å². The third kappa shape index (κ3) is 4.30. The van der Waals surface area contributed by atoms with E-state index in [0.717, 1.165) is 44.9 Å². The molecule has 0 amide bonds. The van der Waals surface area contributed by atoms with Crippen LogP contribution in [0.15, 0.2) is 170 Å². The molecular formula is C49H34N4. The summed E-state index contributed by atoms with van der Waals surface area (Å²) in [6.07, 6.45) is 0. The third-order valence-corrected chi connectivity index (χ3v) is 11.3. The average molecular weight is 679 g/mol. The molecule has 7 aromatic carbocycles. The molecule has 1 aliphatic carbocycles. The molecule has 11 rings (SSSR count). The lowest BCUT2D eigenvalue weighted by Gasteiger charge is -2.22. The molecule has 0 unspecified atom stereocenters. The van der Waals surface area contributed by atoms with E-state index in [9.17, 15) is 0 Å². The van der Waals surface area contributed by atoms with Gasteiger partial charge in [-0.15, -0.1) is 0 Å². The fourth-order valence-corrected chi connectivity index (χ4v) is 8.86. The van der Waals surface area contributed by atoms with Gasteiger partial charge < -0.3 is 4.57 Å². The highest BCUT2D eigenvalue weighted by Gasteiger charge is 2.35. The Morgan fingerprint density at radius 1 is 0.434 bits per heavy atom. The summed E-state index contributed by atoms with van der Waals surface area (Å²) in [6, 6.07) is 60.9. The second-order valence-electron chi connectivity index (χ2n) is 14.6. The van der Waals surface area contributed by atoms with E-state index >= 15 is 0 Å². The lowest BCUT2D eigenvalue weighted by Crippen LogP contribution is -2.15. The number of rotatable bonds is 4. The largest absolute Gasteiger partial charge is 0.307 e. The lowest BCUT2D eigenvalue weighted by atomic mass is 9.82. The fraction of sp³-hybridized carbons (Fsp3) is 0.0612. The molecule has 0 radical (unpaired) electrons. The quantitative estimate of drug-likeness (QED) is 0.186. The lowest BCUT2D eigenvalue weighted by molar-refractivity contribution is 0.660. The van der Waals surface area contributed by atoms with E-state index in [0.29, 0.717) is 5.82 Å². The fourth-order valence-electron chi connectivity index (χ4n) is 8.86. The van der Waals surface area contributed by atoms with Crippen LogP contribution in [0.25, 0.3) is 88.9 Å². The minimum absolute atomic E-state index is 0.118. The van der Waals surface area contributed by atoms with Crippen LogP contribution in [0, 0.1) is 0 Å². The Morgan fingerprint density at radius 3 is 1.72 bits per heavy atom. The van der Waals surface area contributed by atoms with Crippen molar-refractivity contribution in [2.45, 2.75) is 19.3 Å². The smallest absolute Gasteiger partial charge is 0.162 e. The second-order valence-corrected chi connectivity index (χ2v) is 14.6. The van der Waals surface area contributed by atoms with Crippen LogP contribution in [0.5, 0.6) is 0 Å². The molecule has 4 nitrogen and oxygen atoms in total. The van der Waals surface area contributed by atoms with Crippen molar-refractivity contribution in [2.24, 2.45) is 0 Å². The van der Waals surface area contributed by atoms with Gasteiger partial charge >= 0.3 is 0 Å². The first-order valence-electron chi connectivity index (χ1n) is 18.3. The van der Waals surface area contributed by atoms with Crippen molar-refractivity contribution in [3.63, 3.8) is 0 Å². The summed E-state index contributed by atoms with van der Waals surface area (Å²) < 4.78 is 4.86. The molecule has 3 heterocycles. The molecule has 0 fully saturated rings. The highest BCUT2D eigenvalue weighted by molar-refractivity contribution is 6.23. The van der Waals surface area contributed by atoms with Crippen molar-refractivity contribution >= 4 is 43.6 Å². The second kappa shape index (κ2) is 11.1. The maximum atomic E-state index is 5.37. The number of hydrogen-bond acceptors (Lipinski definition) is 2. The van der Waals surface area contributed by atoms with E-state index < -0.39 is 0 Å². The maximum Gasteiger partial charge on any atom is 0.162 e. The number of benzene rings is 7. The summed E-state index contributed by atoms with van der Waals surface area (Å²) in [5, 5.41) is 4.81. The van der Waals surface area contributed by atoms with E-state index in [1.165, 1.54) is 49.3 Å². The van der Waals surface area contributed by atoms with Crippen LogP contribution in [0.3, 0.4) is 0 Å². The van der Waals surface area contributed by atoms with Gasteiger partial charge in [0.05, 0.1) is 27.8 Å². The zero-order valence-electron chi connectivity index (χ0n) is 29.5. The van der Waals surface area contributed by atoms with Crippen LogP contribution in [-0.4, -0.2) is 19.1 Å². The summed E-state index contributed by atoms with van der Waals surface area (Å²) in [7, 11) is 0. The van der Waals surface area contributed by atoms with Gasteiger partial charge in [-0.05, 0) is 46.5 Å². The van der Waals surface area contributed by atoms with Gasteiger partial charge in [0.25, 0.3) is 0 Å². The highest BCUT2D eigenvalue weighted by atomic mass is 15.1. The summed E-state index contributed by atoms with van der Waals surface area (Å²) >= 11 is 0. The molecule has 0 N–H and O–H groups in total. The molecular weight excluding hydrogens is 645 g/mol. The molecule has 250 valence electrons. The number of aromatic nitrogens is 4. The average Bonchev–Trinajstić information content (AvgIpc) is 3.82. The summed E-state index contributed by atoms with van der Waals surface area (Å²) in [6.45, 7) is 4.71. The van der Waals surface area contributed by atoms with Gasteiger partial charge in [-0.2, -0.15) is 0 Å². The minimum atomic E-state index is -0.118. The molecule has 4 heteroatoms. The molecule has 0 saturated heterocycles. The monoisotopic (exact) mass is 678 g/mol. The van der Waals surface area contributed by atoms with Gasteiger partial charge in [0.2, 0.25) is 0 Å². The van der Waals surface area contributed by atoms with Gasteiger partial charge in [-0.25, -0.2) is 9.97 Å². The van der Waals surface area contributed by atoms with Crippen LogP contribution in [0.2, 0.25) is 0 Å². The molecule has 0 saturated carbocycles. The first kappa shape index (κ1) is 29.9. The SMILES string of the molecule is CC1(C)c2ccccc2-c2ccc(-n3c4ccccc4c4ccc5c6ccccc6n(-c6cc(-c7ccccc7)nc(-c7ccccc7)n6)c5c43)cc21. The normalized spacial score (nSPS) is 13.2. The van der Waals surface area contributed by atoms with Crippen LogP contribution in [0.1, 0.15) is 25.0 Å². The van der Waals surface area contributed by atoms with Crippen molar-refractivity contribution < 1.29 is 0 Å². The van der Waals surface area contributed by atoms with E-state index in [2.05, 4.69) is 169 Å². The van der Waals surface area contributed by atoms with Gasteiger partial charge in [-0.3, -0.25) is 4.57 Å². The predicted octanol–water partition coefficient (Wildman–Crippen LogP) is 12.3. The van der Waals surface area contributed by atoms with Crippen LogP contribution in [-0.2, 0) is 5.41 Å². The van der Waals surface area contributed by atoms with Gasteiger partial charge in [-0.1, -0.05) is 153 Å². The molecule has 3 aromatic heterocycles. The minimum Gasteiger partial charge on any atom is -0.307 e. The summed E-state index contributed by atoms with van der Waals surface area (Å²) in [5.74, 6) is 1.53. The van der Waals surface area contributed by atoms with E-state index in [4.69, 9.17) is 9.97 Å². The Kier molecular flexibility index (Phi) is 6.27. The van der Waals surface area contributed by atoms with Crippen molar-refractivity contribution in [3.05, 3.63) is 181 Å². The van der Waals surface area contributed by atoms with E-state index in [1.54, 1.807) is 0 Å².